The first kappa shape index (κ1) is 19.4. The monoisotopic (exact) mass is 397 g/mol. The van der Waals surface area contributed by atoms with Gasteiger partial charge in [0.2, 0.25) is 5.91 Å². The second-order valence-corrected chi connectivity index (χ2v) is 7.83. The van der Waals surface area contributed by atoms with Crippen LogP contribution in [-0.2, 0) is 21.4 Å². The maximum Gasteiger partial charge on any atom is 0.272 e. The zero-order valence-electron chi connectivity index (χ0n) is 15.1. The first-order valence-corrected chi connectivity index (χ1v) is 9.97. The molecule has 8 heteroatoms. The number of aromatic nitrogens is 1. The molecule has 0 fully saturated rings. The van der Waals surface area contributed by atoms with E-state index in [4.69, 9.17) is 0 Å². The molecule has 0 spiro atoms. The van der Waals surface area contributed by atoms with Crippen molar-refractivity contribution in [3.05, 3.63) is 84.2 Å². The zero-order valence-corrected chi connectivity index (χ0v) is 15.9. The van der Waals surface area contributed by atoms with Gasteiger partial charge in [0.25, 0.3) is 15.9 Å². The Labute approximate surface area is 163 Å². The Morgan fingerprint density at radius 2 is 1.61 bits per heavy atom. The molecule has 0 unspecified atom stereocenters. The molecule has 3 aromatic rings. The summed E-state index contributed by atoms with van der Waals surface area (Å²) >= 11 is 0. The number of benzene rings is 2. The van der Waals surface area contributed by atoms with Crippen LogP contribution in [-0.4, -0.2) is 24.8 Å². The molecule has 0 aliphatic rings. The summed E-state index contributed by atoms with van der Waals surface area (Å²) in [6, 6.07) is 18.9. The Morgan fingerprint density at radius 1 is 0.929 bits per heavy atom. The lowest BCUT2D eigenvalue weighted by molar-refractivity contribution is -0.117. The Morgan fingerprint density at radius 3 is 2.25 bits per heavy atom. The van der Waals surface area contributed by atoms with Gasteiger partial charge in [0, 0.05) is 25.4 Å². The Balaban J connectivity index is 1.72. The molecule has 0 aliphatic carbocycles. The lowest BCUT2D eigenvalue weighted by Gasteiger charge is -2.11. The summed E-state index contributed by atoms with van der Waals surface area (Å²) in [6.07, 6.45) is 1.82. The van der Waals surface area contributed by atoms with E-state index in [1.54, 1.807) is 12.1 Å². The minimum absolute atomic E-state index is 0.0619. The van der Waals surface area contributed by atoms with E-state index in [2.05, 4.69) is 5.32 Å². The van der Waals surface area contributed by atoms with Gasteiger partial charge >= 0.3 is 0 Å². The van der Waals surface area contributed by atoms with Gasteiger partial charge in [-0.1, -0.05) is 30.3 Å². The summed E-state index contributed by atoms with van der Waals surface area (Å²) in [6.45, 7) is 1.68. The normalized spacial score (nSPS) is 11.0. The average molecular weight is 397 g/mol. The third-order valence-electron chi connectivity index (χ3n) is 3.96. The predicted octanol–water partition coefficient (Wildman–Crippen LogP) is 2.61. The van der Waals surface area contributed by atoms with E-state index in [-0.39, 0.29) is 10.8 Å². The molecule has 28 heavy (non-hydrogen) atoms. The lowest BCUT2D eigenvalue weighted by atomic mass is 10.2. The maximum absolute atomic E-state index is 12.6. The second-order valence-electron chi connectivity index (χ2n) is 6.15. The number of amides is 2. The summed E-state index contributed by atoms with van der Waals surface area (Å²) in [5.41, 5.74) is 2.00. The standard InChI is InChI=1S/C20H19N3O4S/c1-15(24)22-28(26,27)18-11-9-17(10-12-18)21-20(25)19-8-5-13-23(19)14-16-6-3-2-4-7-16/h2-13H,14H2,1H3,(H,21,25)(H,22,24). The molecule has 0 bridgehead atoms. The maximum atomic E-state index is 12.6. The van der Waals surface area contributed by atoms with Crippen LogP contribution in [0.3, 0.4) is 0 Å². The number of hydrogen-bond donors (Lipinski definition) is 2. The molecule has 1 aromatic heterocycles. The fourth-order valence-electron chi connectivity index (χ4n) is 2.70. The number of nitrogens with one attached hydrogen (secondary N) is 2. The number of nitrogens with zero attached hydrogens (tertiary/aromatic N) is 1. The van der Waals surface area contributed by atoms with Crippen molar-refractivity contribution in [1.82, 2.24) is 9.29 Å². The van der Waals surface area contributed by atoms with E-state index < -0.39 is 15.9 Å². The quantitative estimate of drug-likeness (QED) is 0.668. The molecular formula is C20H19N3O4S. The van der Waals surface area contributed by atoms with Crippen LogP contribution in [0.5, 0.6) is 0 Å². The van der Waals surface area contributed by atoms with Crippen molar-refractivity contribution in [2.45, 2.75) is 18.4 Å². The minimum atomic E-state index is -3.91. The van der Waals surface area contributed by atoms with Crippen molar-refractivity contribution < 1.29 is 18.0 Å². The minimum Gasteiger partial charge on any atom is -0.339 e. The van der Waals surface area contributed by atoms with Gasteiger partial charge in [-0.3, -0.25) is 9.59 Å². The van der Waals surface area contributed by atoms with E-state index >= 15 is 0 Å². The Hall–Kier alpha value is -3.39. The highest BCUT2D eigenvalue weighted by atomic mass is 32.2. The third kappa shape index (κ3) is 4.66. The van der Waals surface area contributed by atoms with Crippen molar-refractivity contribution >= 4 is 27.5 Å². The number of rotatable bonds is 6. The first-order chi connectivity index (χ1) is 13.3. The first-order valence-electron chi connectivity index (χ1n) is 8.49. The van der Waals surface area contributed by atoms with Crippen molar-refractivity contribution in [3.8, 4) is 0 Å². The average Bonchev–Trinajstić information content (AvgIpc) is 3.10. The van der Waals surface area contributed by atoms with Gasteiger partial charge in [0.15, 0.2) is 0 Å². The molecule has 0 saturated carbocycles. The highest BCUT2D eigenvalue weighted by molar-refractivity contribution is 7.90. The van der Waals surface area contributed by atoms with Crippen LogP contribution in [0.1, 0.15) is 23.0 Å². The van der Waals surface area contributed by atoms with Gasteiger partial charge < -0.3 is 9.88 Å². The fraction of sp³-hybridized carbons (Fsp3) is 0.100. The number of carbonyl (C=O) groups excluding carboxylic acids is 2. The Bertz CT molecular complexity index is 1090. The highest BCUT2D eigenvalue weighted by Crippen LogP contribution is 2.16. The van der Waals surface area contributed by atoms with Gasteiger partial charge in [0.05, 0.1) is 4.90 Å². The molecule has 0 radical (unpaired) electrons. The third-order valence-corrected chi connectivity index (χ3v) is 5.41. The zero-order chi connectivity index (χ0) is 20.1. The molecule has 0 saturated heterocycles. The van der Waals surface area contributed by atoms with E-state index in [1.165, 1.54) is 24.3 Å². The summed E-state index contributed by atoms with van der Waals surface area (Å²) in [4.78, 5) is 23.5. The Kier molecular flexibility index (Phi) is 5.60. The molecule has 2 N–H and O–H groups in total. The van der Waals surface area contributed by atoms with Gasteiger partial charge in [-0.15, -0.1) is 0 Å². The van der Waals surface area contributed by atoms with E-state index in [0.29, 0.717) is 17.9 Å². The lowest BCUT2D eigenvalue weighted by Crippen LogP contribution is -2.28. The molecule has 144 valence electrons. The predicted molar refractivity (Wildman–Crippen MR) is 105 cm³/mol. The van der Waals surface area contributed by atoms with Crippen LogP contribution < -0.4 is 10.0 Å². The smallest absolute Gasteiger partial charge is 0.272 e. The van der Waals surface area contributed by atoms with Crippen LogP contribution >= 0.6 is 0 Å². The van der Waals surface area contributed by atoms with Gasteiger partial charge in [-0.25, -0.2) is 13.1 Å². The number of carbonyl (C=O) groups is 2. The largest absolute Gasteiger partial charge is 0.339 e. The van der Waals surface area contributed by atoms with Gasteiger partial charge in [0.1, 0.15) is 5.69 Å². The van der Waals surface area contributed by atoms with Crippen molar-refractivity contribution in [2.75, 3.05) is 5.32 Å². The van der Waals surface area contributed by atoms with Crippen LogP contribution in [0.25, 0.3) is 0 Å². The van der Waals surface area contributed by atoms with Crippen LogP contribution in [0.15, 0.2) is 77.8 Å². The number of sulfonamides is 1. The second kappa shape index (κ2) is 8.10. The summed E-state index contributed by atoms with van der Waals surface area (Å²) < 4.78 is 27.6. The molecule has 2 amide bonds. The molecule has 0 aliphatic heterocycles. The van der Waals surface area contributed by atoms with Crippen LogP contribution in [0, 0.1) is 0 Å². The summed E-state index contributed by atoms with van der Waals surface area (Å²) in [7, 11) is -3.91. The molecule has 7 nitrogen and oxygen atoms in total. The van der Waals surface area contributed by atoms with Gasteiger partial charge in [-0.05, 0) is 42.0 Å². The molecule has 2 aromatic carbocycles. The summed E-state index contributed by atoms with van der Waals surface area (Å²) in [5, 5.41) is 2.75. The summed E-state index contributed by atoms with van der Waals surface area (Å²) in [5.74, 6) is -0.977. The number of hydrogen-bond acceptors (Lipinski definition) is 4. The van der Waals surface area contributed by atoms with E-state index in [0.717, 1.165) is 12.5 Å². The van der Waals surface area contributed by atoms with Crippen molar-refractivity contribution in [2.24, 2.45) is 0 Å². The SMILES string of the molecule is CC(=O)NS(=O)(=O)c1ccc(NC(=O)c2cccn2Cc2ccccc2)cc1. The van der Waals surface area contributed by atoms with Crippen LogP contribution in [0.4, 0.5) is 5.69 Å². The molecule has 1 heterocycles. The van der Waals surface area contributed by atoms with Crippen molar-refractivity contribution in [3.63, 3.8) is 0 Å². The van der Waals surface area contributed by atoms with E-state index in [9.17, 15) is 18.0 Å². The van der Waals surface area contributed by atoms with Crippen LogP contribution in [0.2, 0.25) is 0 Å². The molecular weight excluding hydrogens is 378 g/mol. The number of anilines is 1. The van der Waals surface area contributed by atoms with Crippen molar-refractivity contribution in [1.29, 1.82) is 0 Å². The fourth-order valence-corrected chi connectivity index (χ4v) is 3.69. The molecule has 0 atom stereocenters. The highest BCUT2D eigenvalue weighted by Gasteiger charge is 2.16. The topological polar surface area (TPSA) is 97.3 Å². The molecule has 3 rings (SSSR count). The van der Waals surface area contributed by atoms with E-state index in [1.807, 2.05) is 45.8 Å². The van der Waals surface area contributed by atoms with Gasteiger partial charge in [-0.2, -0.15) is 0 Å².